The van der Waals surface area contributed by atoms with Crippen molar-refractivity contribution in [1.29, 1.82) is 0 Å². The van der Waals surface area contributed by atoms with Crippen molar-refractivity contribution >= 4 is 28.7 Å². The highest BCUT2D eigenvalue weighted by molar-refractivity contribution is 6.32. The Labute approximate surface area is 117 Å². The van der Waals surface area contributed by atoms with E-state index in [0.29, 0.717) is 10.6 Å². The van der Waals surface area contributed by atoms with Crippen molar-refractivity contribution in [2.24, 2.45) is 0 Å². The van der Waals surface area contributed by atoms with Crippen LogP contribution in [0.15, 0.2) is 72.8 Å². The first-order valence-electron chi connectivity index (χ1n) is 5.95. The summed E-state index contributed by atoms with van der Waals surface area (Å²) in [6, 6.07) is 23.6. The smallest absolute Gasteiger partial charge is 0.151 e. The van der Waals surface area contributed by atoms with Gasteiger partial charge in [-0.05, 0) is 16.8 Å². The van der Waals surface area contributed by atoms with Crippen molar-refractivity contribution in [2.75, 3.05) is 0 Å². The van der Waals surface area contributed by atoms with Gasteiger partial charge in [-0.25, -0.2) is 0 Å². The van der Waals surface area contributed by atoms with E-state index in [1.165, 1.54) is 10.8 Å². The third kappa shape index (κ3) is 3.67. The van der Waals surface area contributed by atoms with E-state index in [-0.39, 0.29) is 0 Å². The maximum atomic E-state index is 10.1. The minimum absolute atomic E-state index is 0.507. The van der Waals surface area contributed by atoms with Crippen LogP contribution in [0, 0.1) is 0 Å². The van der Waals surface area contributed by atoms with Gasteiger partial charge in [0.15, 0.2) is 6.29 Å². The second kappa shape index (κ2) is 6.72. The van der Waals surface area contributed by atoms with Crippen LogP contribution in [0.5, 0.6) is 0 Å². The highest BCUT2D eigenvalue weighted by Crippen LogP contribution is 2.12. The average molecular weight is 269 g/mol. The Bertz CT molecular complexity index is 611. The van der Waals surface area contributed by atoms with Gasteiger partial charge in [-0.1, -0.05) is 78.3 Å². The molecule has 1 nitrogen and oxygen atoms in total. The molecule has 0 aliphatic heterocycles. The van der Waals surface area contributed by atoms with Gasteiger partial charge in [-0.15, -0.1) is 0 Å². The summed E-state index contributed by atoms with van der Waals surface area (Å²) in [6.07, 6.45) is 0.738. The topological polar surface area (TPSA) is 17.1 Å². The summed E-state index contributed by atoms with van der Waals surface area (Å²) in [4.78, 5) is 10.1. The Morgan fingerprint density at radius 2 is 1.11 bits per heavy atom. The maximum absolute atomic E-state index is 10.1. The molecule has 3 aromatic rings. The molecule has 0 aliphatic rings. The molecule has 0 N–H and O–H groups in total. The van der Waals surface area contributed by atoms with E-state index in [4.69, 9.17) is 11.6 Å². The van der Waals surface area contributed by atoms with Crippen LogP contribution in [0.1, 0.15) is 10.4 Å². The van der Waals surface area contributed by atoms with Gasteiger partial charge in [-0.3, -0.25) is 4.79 Å². The lowest BCUT2D eigenvalue weighted by Gasteiger charge is -1.92. The molecule has 0 atom stereocenters. The molecule has 94 valence electrons. The van der Waals surface area contributed by atoms with Crippen LogP contribution in [-0.4, -0.2) is 6.29 Å². The Kier molecular flexibility index (Phi) is 4.71. The standard InChI is InChI=1S/C10H8.C7H5ClO/c1-2-6-10-8-4-3-7-9(10)5-1;8-7-4-2-1-3-6(7)5-9/h1-8H;1-5H. The van der Waals surface area contributed by atoms with Crippen molar-refractivity contribution in [3.63, 3.8) is 0 Å². The van der Waals surface area contributed by atoms with Gasteiger partial charge in [0.1, 0.15) is 0 Å². The SMILES string of the molecule is O=Cc1ccccc1Cl.c1ccc2ccccc2c1. The van der Waals surface area contributed by atoms with Crippen LogP contribution in [0.25, 0.3) is 10.8 Å². The van der Waals surface area contributed by atoms with E-state index in [9.17, 15) is 4.79 Å². The lowest BCUT2D eigenvalue weighted by Crippen LogP contribution is -1.77. The largest absolute Gasteiger partial charge is 0.298 e. The quantitative estimate of drug-likeness (QED) is 0.568. The van der Waals surface area contributed by atoms with Gasteiger partial charge in [0.2, 0.25) is 0 Å². The van der Waals surface area contributed by atoms with Crippen LogP contribution in [0.2, 0.25) is 5.02 Å². The van der Waals surface area contributed by atoms with Crippen molar-refractivity contribution in [3.05, 3.63) is 83.4 Å². The third-order valence-corrected chi connectivity index (χ3v) is 3.04. The molecule has 3 aromatic carbocycles. The van der Waals surface area contributed by atoms with Gasteiger partial charge in [0.05, 0.1) is 5.02 Å². The third-order valence-electron chi connectivity index (χ3n) is 2.69. The van der Waals surface area contributed by atoms with E-state index in [1.54, 1.807) is 24.3 Å². The summed E-state index contributed by atoms with van der Waals surface area (Å²) in [6.45, 7) is 0. The first-order chi connectivity index (χ1) is 9.31. The zero-order chi connectivity index (χ0) is 13.5. The average Bonchev–Trinajstić information content (AvgIpc) is 2.49. The summed E-state index contributed by atoms with van der Waals surface area (Å²) in [7, 11) is 0. The monoisotopic (exact) mass is 268 g/mol. The fourth-order valence-corrected chi connectivity index (χ4v) is 1.88. The Hall–Kier alpha value is -2.12. The molecule has 0 fully saturated rings. The van der Waals surface area contributed by atoms with Gasteiger partial charge in [-0.2, -0.15) is 0 Å². The number of hydrogen-bond acceptors (Lipinski definition) is 1. The molecule has 3 rings (SSSR count). The van der Waals surface area contributed by atoms with Gasteiger partial charge in [0.25, 0.3) is 0 Å². The molecule has 0 saturated heterocycles. The highest BCUT2D eigenvalue weighted by Gasteiger charge is 1.92. The minimum Gasteiger partial charge on any atom is -0.298 e. The molecule has 0 radical (unpaired) electrons. The summed E-state index contributed by atoms with van der Waals surface area (Å²) in [5.41, 5.74) is 0.541. The highest BCUT2D eigenvalue weighted by atomic mass is 35.5. The van der Waals surface area contributed by atoms with Crippen molar-refractivity contribution in [2.45, 2.75) is 0 Å². The molecule has 0 saturated carbocycles. The van der Waals surface area contributed by atoms with Crippen LogP contribution >= 0.6 is 11.6 Å². The molecule has 0 aliphatic carbocycles. The van der Waals surface area contributed by atoms with E-state index in [0.717, 1.165) is 6.29 Å². The number of rotatable bonds is 1. The zero-order valence-electron chi connectivity index (χ0n) is 10.3. The fraction of sp³-hybridized carbons (Fsp3) is 0. The Morgan fingerprint density at radius 1 is 0.684 bits per heavy atom. The van der Waals surface area contributed by atoms with Gasteiger partial charge < -0.3 is 0 Å². The predicted molar refractivity (Wildman–Crippen MR) is 80.8 cm³/mol. The summed E-state index contributed by atoms with van der Waals surface area (Å²) in [5, 5.41) is 3.13. The molecule has 2 heteroatoms. The molecule has 0 unspecified atom stereocenters. The van der Waals surface area contributed by atoms with Crippen LogP contribution in [0.4, 0.5) is 0 Å². The first kappa shape index (κ1) is 13.3. The van der Waals surface area contributed by atoms with E-state index < -0.39 is 0 Å². The summed E-state index contributed by atoms with van der Waals surface area (Å²) in [5.74, 6) is 0. The van der Waals surface area contributed by atoms with Crippen LogP contribution in [-0.2, 0) is 0 Å². The number of carbonyl (C=O) groups is 1. The Morgan fingerprint density at radius 3 is 1.47 bits per heavy atom. The van der Waals surface area contributed by atoms with Crippen LogP contribution in [0.3, 0.4) is 0 Å². The lowest BCUT2D eigenvalue weighted by atomic mass is 10.1. The Balaban J connectivity index is 0.000000141. The number of carbonyl (C=O) groups excluding carboxylic acids is 1. The molecule has 0 heterocycles. The zero-order valence-corrected chi connectivity index (χ0v) is 11.0. The molecular formula is C17H13ClO. The number of halogens is 1. The maximum Gasteiger partial charge on any atom is 0.151 e. The number of hydrogen-bond donors (Lipinski definition) is 0. The molecule has 0 amide bonds. The van der Waals surface area contributed by atoms with E-state index >= 15 is 0 Å². The predicted octanol–water partition coefficient (Wildman–Crippen LogP) is 4.99. The van der Waals surface area contributed by atoms with Crippen molar-refractivity contribution in [1.82, 2.24) is 0 Å². The summed E-state index contributed by atoms with van der Waals surface area (Å²) >= 11 is 5.59. The number of aldehydes is 1. The van der Waals surface area contributed by atoms with E-state index in [1.807, 2.05) is 0 Å². The minimum atomic E-state index is 0.507. The van der Waals surface area contributed by atoms with Gasteiger partial charge >= 0.3 is 0 Å². The number of benzene rings is 3. The molecular weight excluding hydrogens is 256 g/mol. The first-order valence-corrected chi connectivity index (χ1v) is 6.32. The van der Waals surface area contributed by atoms with E-state index in [2.05, 4.69) is 48.5 Å². The second-order valence-corrected chi connectivity index (χ2v) is 4.39. The normalized spacial score (nSPS) is 9.53. The molecule has 0 aromatic heterocycles. The fourth-order valence-electron chi connectivity index (χ4n) is 1.70. The van der Waals surface area contributed by atoms with Crippen molar-refractivity contribution in [3.8, 4) is 0 Å². The lowest BCUT2D eigenvalue weighted by molar-refractivity contribution is 0.112. The molecule has 0 bridgehead atoms. The number of fused-ring (bicyclic) bond motifs is 1. The molecule has 0 spiro atoms. The van der Waals surface area contributed by atoms with Crippen LogP contribution < -0.4 is 0 Å². The second-order valence-electron chi connectivity index (χ2n) is 3.99. The van der Waals surface area contributed by atoms with Gasteiger partial charge in [0, 0.05) is 5.56 Å². The molecule has 19 heavy (non-hydrogen) atoms. The summed E-state index contributed by atoms with van der Waals surface area (Å²) < 4.78 is 0. The van der Waals surface area contributed by atoms with Crippen molar-refractivity contribution < 1.29 is 4.79 Å².